The van der Waals surface area contributed by atoms with E-state index in [1.54, 1.807) is 6.20 Å². The Balaban J connectivity index is 1.93. The van der Waals surface area contributed by atoms with Crippen LogP contribution in [-0.4, -0.2) is 15.7 Å². The highest BCUT2D eigenvalue weighted by Gasteiger charge is 2.19. The molecule has 1 heterocycles. The highest BCUT2D eigenvalue weighted by Crippen LogP contribution is 2.29. The number of nitrogens with one attached hydrogen (secondary N) is 1. The molecule has 1 amide bonds. The first-order valence-corrected chi connectivity index (χ1v) is 7.50. The zero-order valence-electron chi connectivity index (χ0n) is 12.1. The number of rotatable bonds is 5. The number of nitrogens with zero attached hydrogens (tertiary/aromatic N) is 2. The zero-order chi connectivity index (χ0) is 13.7. The quantitative estimate of drug-likeness (QED) is 0.879. The van der Waals surface area contributed by atoms with E-state index in [9.17, 15) is 4.79 Å². The van der Waals surface area contributed by atoms with Crippen molar-refractivity contribution >= 4 is 11.7 Å². The van der Waals surface area contributed by atoms with Crippen molar-refractivity contribution in [3.63, 3.8) is 0 Å². The van der Waals surface area contributed by atoms with E-state index in [1.165, 1.54) is 32.1 Å². The second kappa shape index (κ2) is 6.73. The van der Waals surface area contributed by atoms with Crippen LogP contribution in [0, 0.1) is 5.92 Å². The maximum Gasteiger partial charge on any atom is 0.225 e. The van der Waals surface area contributed by atoms with Crippen molar-refractivity contribution in [3.05, 3.63) is 12.3 Å². The van der Waals surface area contributed by atoms with Crippen molar-refractivity contribution in [1.29, 1.82) is 0 Å². The summed E-state index contributed by atoms with van der Waals surface area (Å²) in [5.41, 5.74) is 0. The summed E-state index contributed by atoms with van der Waals surface area (Å²) in [5.74, 6) is 1.53. The fraction of sp³-hybridized carbons (Fsp3) is 0.733. The molecular formula is C15H25N3O. The van der Waals surface area contributed by atoms with Crippen LogP contribution in [0.15, 0.2) is 12.3 Å². The minimum absolute atomic E-state index is 0.103. The molecule has 0 atom stereocenters. The lowest BCUT2D eigenvalue weighted by Crippen LogP contribution is -2.20. The van der Waals surface area contributed by atoms with Crippen molar-refractivity contribution in [2.45, 2.75) is 64.8 Å². The molecule has 4 nitrogen and oxygen atoms in total. The van der Waals surface area contributed by atoms with Gasteiger partial charge < -0.3 is 5.32 Å². The van der Waals surface area contributed by atoms with Gasteiger partial charge in [0.2, 0.25) is 5.91 Å². The Kier molecular flexibility index (Phi) is 5.00. The van der Waals surface area contributed by atoms with Gasteiger partial charge in [-0.2, -0.15) is 5.10 Å². The van der Waals surface area contributed by atoms with Crippen LogP contribution in [0.25, 0.3) is 0 Å². The fourth-order valence-corrected chi connectivity index (χ4v) is 2.65. The highest BCUT2D eigenvalue weighted by molar-refractivity contribution is 5.89. The first kappa shape index (κ1) is 14.1. The Hall–Kier alpha value is -1.32. The molecule has 1 aliphatic rings. The van der Waals surface area contributed by atoms with E-state index < -0.39 is 0 Å². The number of hydrogen-bond donors (Lipinski definition) is 1. The van der Waals surface area contributed by atoms with Gasteiger partial charge in [0.1, 0.15) is 5.82 Å². The Morgan fingerprint density at radius 3 is 2.84 bits per heavy atom. The van der Waals surface area contributed by atoms with E-state index in [-0.39, 0.29) is 5.91 Å². The molecule has 1 aromatic heterocycles. The molecular weight excluding hydrogens is 238 g/mol. The molecule has 19 heavy (non-hydrogen) atoms. The largest absolute Gasteiger partial charge is 0.311 e. The third-order valence-electron chi connectivity index (χ3n) is 3.81. The number of carbonyl (C=O) groups excluding carboxylic acids is 1. The van der Waals surface area contributed by atoms with Crippen molar-refractivity contribution in [2.24, 2.45) is 5.92 Å². The van der Waals surface area contributed by atoms with Crippen LogP contribution >= 0.6 is 0 Å². The minimum atomic E-state index is 0.103. The van der Waals surface area contributed by atoms with Crippen LogP contribution < -0.4 is 5.32 Å². The monoisotopic (exact) mass is 263 g/mol. The van der Waals surface area contributed by atoms with Crippen LogP contribution in [0.1, 0.15) is 64.8 Å². The zero-order valence-corrected chi connectivity index (χ0v) is 12.1. The summed E-state index contributed by atoms with van der Waals surface area (Å²) < 4.78 is 2.01. The average Bonchev–Trinajstić information content (AvgIpc) is 2.85. The third kappa shape index (κ3) is 4.08. The summed E-state index contributed by atoms with van der Waals surface area (Å²) in [4.78, 5) is 11.9. The predicted octanol–water partition coefficient (Wildman–Crippen LogP) is 3.76. The Bertz CT molecular complexity index is 405. The fourth-order valence-electron chi connectivity index (χ4n) is 2.65. The lowest BCUT2D eigenvalue weighted by Gasteiger charge is -2.23. The van der Waals surface area contributed by atoms with Gasteiger partial charge in [-0.15, -0.1) is 0 Å². The minimum Gasteiger partial charge on any atom is -0.311 e. The first-order valence-electron chi connectivity index (χ1n) is 7.50. The van der Waals surface area contributed by atoms with Crippen LogP contribution in [0.5, 0.6) is 0 Å². The molecule has 1 aliphatic carbocycles. The van der Waals surface area contributed by atoms with Crippen molar-refractivity contribution in [3.8, 4) is 0 Å². The van der Waals surface area contributed by atoms with Crippen LogP contribution in [0.3, 0.4) is 0 Å². The Labute approximate surface area is 115 Å². The normalized spacial score (nSPS) is 16.8. The number of anilines is 1. The van der Waals surface area contributed by atoms with Gasteiger partial charge in [-0.05, 0) is 25.2 Å². The molecule has 1 aromatic rings. The molecule has 1 fully saturated rings. The van der Waals surface area contributed by atoms with E-state index in [2.05, 4.69) is 24.3 Å². The second-order valence-corrected chi connectivity index (χ2v) is 5.93. The van der Waals surface area contributed by atoms with Gasteiger partial charge in [0.15, 0.2) is 0 Å². The number of carbonyl (C=O) groups is 1. The van der Waals surface area contributed by atoms with Gasteiger partial charge in [-0.25, -0.2) is 4.68 Å². The molecule has 1 N–H and O–H groups in total. The van der Waals surface area contributed by atoms with E-state index in [0.29, 0.717) is 18.4 Å². The summed E-state index contributed by atoms with van der Waals surface area (Å²) in [6.07, 6.45) is 9.53. The van der Waals surface area contributed by atoms with Gasteiger partial charge >= 0.3 is 0 Å². The van der Waals surface area contributed by atoms with Gasteiger partial charge in [-0.1, -0.05) is 33.1 Å². The van der Waals surface area contributed by atoms with E-state index in [4.69, 9.17) is 0 Å². The van der Waals surface area contributed by atoms with Gasteiger partial charge in [0.05, 0.1) is 12.2 Å². The average molecular weight is 263 g/mol. The first-order chi connectivity index (χ1) is 9.16. The van der Waals surface area contributed by atoms with Crippen LogP contribution in [0.2, 0.25) is 0 Å². The Morgan fingerprint density at radius 2 is 2.16 bits per heavy atom. The molecule has 0 bridgehead atoms. The van der Waals surface area contributed by atoms with Gasteiger partial charge in [0.25, 0.3) is 0 Å². The molecule has 2 rings (SSSR count). The molecule has 0 saturated heterocycles. The standard InChI is InChI=1S/C15H25N3O/c1-12(2)8-9-15(19)17-14-10-11-16-18(14)13-6-4-3-5-7-13/h10-13H,3-9H2,1-2H3,(H,17,19). The SMILES string of the molecule is CC(C)CCC(=O)Nc1ccnn1C1CCCCC1. The maximum absolute atomic E-state index is 11.9. The van der Waals surface area contributed by atoms with Crippen molar-refractivity contribution in [1.82, 2.24) is 9.78 Å². The topological polar surface area (TPSA) is 46.9 Å². The molecule has 0 aliphatic heterocycles. The summed E-state index contributed by atoms with van der Waals surface area (Å²) in [6.45, 7) is 4.28. The van der Waals surface area contributed by atoms with Crippen LogP contribution in [0.4, 0.5) is 5.82 Å². The summed E-state index contributed by atoms with van der Waals surface area (Å²) in [7, 11) is 0. The number of aromatic nitrogens is 2. The lowest BCUT2D eigenvalue weighted by atomic mass is 9.96. The highest BCUT2D eigenvalue weighted by atomic mass is 16.1. The summed E-state index contributed by atoms with van der Waals surface area (Å²) in [5, 5.41) is 7.39. The molecule has 0 unspecified atom stereocenters. The van der Waals surface area contributed by atoms with E-state index >= 15 is 0 Å². The molecule has 106 valence electrons. The molecule has 0 aromatic carbocycles. The third-order valence-corrected chi connectivity index (χ3v) is 3.81. The smallest absolute Gasteiger partial charge is 0.225 e. The van der Waals surface area contributed by atoms with E-state index in [0.717, 1.165) is 12.2 Å². The molecule has 4 heteroatoms. The van der Waals surface area contributed by atoms with Crippen LogP contribution in [-0.2, 0) is 4.79 Å². The number of hydrogen-bond acceptors (Lipinski definition) is 2. The Morgan fingerprint density at radius 1 is 1.42 bits per heavy atom. The molecule has 1 saturated carbocycles. The summed E-state index contributed by atoms with van der Waals surface area (Å²) in [6, 6.07) is 2.37. The molecule has 0 radical (unpaired) electrons. The second-order valence-electron chi connectivity index (χ2n) is 5.93. The van der Waals surface area contributed by atoms with Crippen molar-refractivity contribution in [2.75, 3.05) is 5.32 Å². The summed E-state index contributed by atoms with van der Waals surface area (Å²) >= 11 is 0. The number of amides is 1. The van der Waals surface area contributed by atoms with Gasteiger partial charge in [0, 0.05) is 12.5 Å². The van der Waals surface area contributed by atoms with Gasteiger partial charge in [-0.3, -0.25) is 4.79 Å². The maximum atomic E-state index is 11.9. The van der Waals surface area contributed by atoms with E-state index in [1.807, 2.05) is 10.7 Å². The predicted molar refractivity (Wildman–Crippen MR) is 77.1 cm³/mol. The van der Waals surface area contributed by atoms with Crippen molar-refractivity contribution < 1.29 is 4.79 Å². The lowest BCUT2D eigenvalue weighted by molar-refractivity contribution is -0.116. The molecule has 0 spiro atoms.